The van der Waals surface area contributed by atoms with E-state index in [4.69, 9.17) is 16.3 Å². The largest absolute Gasteiger partial charge is 0.416 e. The first-order chi connectivity index (χ1) is 19.5. The van der Waals surface area contributed by atoms with Gasteiger partial charge in [0.2, 0.25) is 5.91 Å². The van der Waals surface area contributed by atoms with Crippen LogP contribution in [0.25, 0.3) is 10.9 Å². The fourth-order valence-corrected chi connectivity index (χ4v) is 4.76. The van der Waals surface area contributed by atoms with Gasteiger partial charge in [0.05, 0.1) is 35.4 Å². The van der Waals surface area contributed by atoms with Gasteiger partial charge in [-0.15, -0.1) is 0 Å². The summed E-state index contributed by atoms with van der Waals surface area (Å²) in [6, 6.07) is 15.7. The Morgan fingerprint density at radius 3 is 2.54 bits per heavy atom. The Balaban J connectivity index is 1.63. The van der Waals surface area contributed by atoms with Crippen LogP contribution in [0.2, 0.25) is 5.02 Å². The second kappa shape index (κ2) is 13.2. The number of aromatic nitrogens is 2. The minimum Gasteiger partial charge on any atom is -0.383 e. The van der Waals surface area contributed by atoms with E-state index in [1.165, 1.54) is 42.0 Å². The first kappa shape index (κ1) is 30.1. The number of fused-ring (bicyclic) bond motifs is 1. The van der Waals surface area contributed by atoms with Crippen molar-refractivity contribution in [2.45, 2.75) is 17.9 Å². The fourth-order valence-electron chi connectivity index (χ4n) is 3.83. The SMILES string of the molecule is COCCNC(=O)c1ccc2c(=O)n(Cc3ccc(Cl)cc3)c(SCC(=O)Nc3cccc(C(F)(F)F)c3)nc2c1. The Kier molecular flexibility index (Phi) is 9.69. The van der Waals surface area contributed by atoms with E-state index in [1.807, 2.05) is 0 Å². The van der Waals surface area contributed by atoms with Crippen LogP contribution in [-0.2, 0) is 22.3 Å². The highest BCUT2D eigenvalue weighted by Gasteiger charge is 2.30. The van der Waals surface area contributed by atoms with E-state index in [0.717, 1.165) is 29.5 Å². The summed E-state index contributed by atoms with van der Waals surface area (Å²) in [5.41, 5.74) is -0.00606. The van der Waals surface area contributed by atoms with E-state index < -0.39 is 23.2 Å². The van der Waals surface area contributed by atoms with Crippen LogP contribution in [-0.4, -0.2) is 47.4 Å². The second-order valence-corrected chi connectivity index (χ2v) is 10.2. The molecule has 0 unspecified atom stereocenters. The summed E-state index contributed by atoms with van der Waals surface area (Å²) in [5.74, 6) is -1.20. The molecule has 0 aliphatic rings. The molecule has 0 atom stereocenters. The molecule has 0 aliphatic heterocycles. The summed E-state index contributed by atoms with van der Waals surface area (Å²) in [6.07, 6.45) is -4.55. The van der Waals surface area contributed by atoms with Crippen LogP contribution < -0.4 is 16.2 Å². The van der Waals surface area contributed by atoms with Crippen LogP contribution in [0.1, 0.15) is 21.5 Å². The number of rotatable bonds is 10. The third kappa shape index (κ3) is 7.87. The van der Waals surface area contributed by atoms with Gasteiger partial charge in [-0.3, -0.25) is 19.0 Å². The number of anilines is 1. The Labute approximate surface area is 241 Å². The number of alkyl halides is 3. The summed E-state index contributed by atoms with van der Waals surface area (Å²) < 4.78 is 45.5. The van der Waals surface area contributed by atoms with Gasteiger partial charge in [-0.05, 0) is 54.1 Å². The van der Waals surface area contributed by atoms with Crippen LogP contribution in [0.5, 0.6) is 0 Å². The summed E-state index contributed by atoms with van der Waals surface area (Å²) >= 11 is 6.93. The van der Waals surface area contributed by atoms with Crippen molar-refractivity contribution < 1.29 is 27.5 Å². The highest BCUT2D eigenvalue weighted by molar-refractivity contribution is 7.99. The lowest BCUT2D eigenvalue weighted by molar-refractivity contribution is -0.137. The average Bonchev–Trinajstić information content (AvgIpc) is 2.94. The summed E-state index contributed by atoms with van der Waals surface area (Å²) in [5, 5.41) is 6.13. The van der Waals surface area contributed by atoms with Gasteiger partial charge in [0.1, 0.15) is 0 Å². The van der Waals surface area contributed by atoms with E-state index in [9.17, 15) is 27.6 Å². The zero-order chi connectivity index (χ0) is 29.6. The van der Waals surface area contributed by atoms with E-state index in [2.05, 4.69) is 15.6 Å². The van der Waals surface area contributed by atoms with Crippen molar-refractivity contribution in [3.8, 4) is 0 Å². The van der Waals surface area contributed by atoms with E-state index >= 15 is 0 Å². The molecular formula is C28H24ClF3N4O4S. The highest BCUT2D eigenvalue weighted by Crippen LogP contribution is 2.30. The molecule has 2 N–H and O–H groups in total. The van der Waals surface area contributed by atoms with Gasteiger partial charge >= 0.3 is 6.18 Å². The molecule has 0 saturated carbocycles. The molecule has 1 aromatic heterocycles. The number of carbonyl (C=O) groups excluding carboxylic acids is 2. The standard InChI is InChI=1S/C28H24ClF3N4O4S/c1-40-12-11-33-25(38)18-7-10-22-23(13-18)35-27(36(26(22)39)15-17-5-8-20(29)9-6-17)41-16-24(37)34-21-4-2-3-19(14-21)28(30,31)32/h2-10,13-14H,11-12,15-16H2,1H3,(H,33,38)(H,34,37). The number of nitrogens with one attached hydrogen (secondary N) is 2. The number of halogens is 4. The number of methoxy groups -OCH3 is 1. The van der Waals surface area contributed by atoms with Gasteiger partial charge in [0.15, 0.2) is 5.16 Å². The van der Waals surface area contributed by atoms with Crippen molar-refractivity contribution in [2.24, 2.45) is 0 Å². The van der Waals surface area contributed by atoms with Crippen molar-refractivity contribution in [1.82, 2.24) is 14.9 Å². The fraction of sp³-hybridized carbons (Fsp3) is 0.214. The van der Waals surface area contributed by atoms with Crippen molar-refractivity contribution in [3.05, 3.63) is 98.8 Å². The van der Waals surface area contributed by atoms with Crippen LogP contribution >= 0.6 is 23.4 Å². The molecule has 0 spiro atoms. The molecule has 4 aromatic rings. The van der Waals surface area contributed by atoms with Gasteiger partial charge in [-0.1, -0.05) is 41.6 Å². The molecular weight excluding hydrogens is 581 g/mol. The van der Waals surface area contributed by atoms with Crippen LogP contribution in [0.15, 0.2) is 76.7 Å². The molecule has 214 valence electrons. The van der Waals surface area contributed by atoms with Crippen LogP contribution in [0.3, 0.4) is 0 Å². The molecule has 3 aromatic carbocycles. The van der Waals surface area contributed by atoms with E-state index in [1.54, 1.807) is 24.3 Å². The highest BCUT2D eigenvalue weighted by atomic mass is 35.5. The smallest absolute Gasteiger partial charge is 0.383 e. The van der Waals surface area contributed by atoms with Gasteiger partial charge in [0, 0.05) is 29.9 Å². The zero-order valence-electron chi connectivity index (χ0n) is 21.6. The van der Waals surface area contributed by atoms with Crippen molar-refractivity contribution in [1.29, 1.82) is 0 Å². The second-order valence-electron chi connectivity index (χ2n) is 8.81. The number of ether oxygens (including phenoxy) is 1. The lowest BCUT2D eigenvalue weighted by atomic mass is 10.1. The lowest BCUT2D eigenvalue weighted by Gasteiger charge is -2.14. The summed E-state index contributed by atoms with van der Waals surface area (Å²) in [7, 11) is 1.51. The maximum Gasteiger partial charge on any atom is 0.416 e. The third-order valence-electron chi connectivity index (χ3n) is 5.83. The van der Waals surface area contributed by atoms with Gasteiger partial charge in [0.25, 0.3) is 11.5 Å². The molecule has 8 nitrogen and oxygen atoms in total. The van der Waals surface area contributed by atoms with Crippen LogP contribution in [0.4, 0.5) is 18.9 Å². The quantitative estimate of drug-likeness (QED) is 0.146. The number of thioether (sulfide) groups is 1. The number of nitrogens with zero attached hydrogens (tertiary/aromatic N) is 2. The molecule has 13 heteroatoms. The first-order valence-electron chi connectivity index (χ1n) is 12.2. The predicted octanol–water partition coefficient (Wildman–Crippen LogP) is 5.22. The monoisotopic (exact) mass is 604 g/mol. The lowest BCUT2D eigenvalue weighted by Crippen LogP contribution is -2.27. The Morgan fingerprint density at radius 1 is 1.07 bits per heavy atom. The molecule has 0 aliphatic carbocycles. The Morgan fingerprint density at radius 2 is 1.83 bits per heavy atom. The molecule has 0 fully saturated rings. The normalized spacial score (nSPS) is 11.4. The summed E-state index contributed by atoms with van der Waals surface area (Å²) in [6.45, 7) is 0.748. The molecule has 1 heterocycles. The topological polar surface area (TPSA) is 102 Å². The van der Waals surface area contributed by atoms with Gasteiger partial charge < -0.3 is 15.4 Å². The first-order valence-corrected chi connectivity index (χ1v) is 13.6. The summed E-state index contributed by atoms with van der Waals surface area (Å²) in [4.78, 5) is 43.3. The zero-order valence-corrected chi connectivity index (χ0v) is 23.2. The molecule has 0 saturated heterocycles. The van der Waals surface area contributed by atoms with E-state index in [0.29, 0.717) is 18.2 Å². The molecule has 0 radical (unpaired) electrons. The third-order valence-corrected chi connectivity index (χ3v) is 7.06. The van der Waals surface area contributed by atoms with Crippen molar-refractivity contribution in [2.75, 3.05) is 31.3 Å². The minimum absolute atomic E-state index is 0.0143. The van der Waals surface area contributed by atoms with Gasteiger partial charge in [-0.25, -0.2) is 4.98 Å². The molecule has 4 rings (SSSR count). The van der Waals surface area contributed by atoms with Gasteiger partial charge in [-0.2, -0.15) is 13.2 Å². The molecule has 41 heavy (non-hydrogen) atoms. The maximum atomic E-state index is 13.5. The number of hydrogen-bond donors (Lipinski definition) is 2. The number of benzene rings is 3. The minimum atomic E-state index is -4.55. The Hall–Kier alpha value is -3.87. The maximum absolute atomic E-state index is 13.5. The predicted molar refractivity (Wildman–Crippen MR) is 152 cm³/mol. The van der Waals surface area contributed by atoms with Crippen LogP contribution in [0, 0.1) is 0 Å². The Bertz CT molecular complexity index is 1630. The molecule has 0 bridgehead atoms. The number of hydrogen-bond acceptors (Lipinski definition) is 6. The van der Waals surface area contributed by atoms with Crippen molar-refractivity contribution >= 4 is 51.8 Å². The number of carbonyl (C=O) groups is 2. The number of amides is 2. The average molecular weight is 605 g/mol. The van der Waals surface area contributed by atoms with Crippen molar-refractivity contribution in [3.63, 3.8) is 0 Å². The van der Waals surface area contributed by atoms with E-state index in [-0.39, 0.29) is 45.5 Å². The molecule has 2 amide bonds.